The van der Waals surface area contributed by atoms with Crippen molar-refractivity contribution < 1.29 is 33.0 Å². The molecule has 3 aromatic carbocycles. The monoisotopic (exact) mass is 474 g/mol. The zero-order valence-electron chi connectivity index (χ0n) is 17.5. The van der Waals surface area contributed by atoms with Crippen LogP contribution >= 0.6 is 11.6 Å². The van der Waals surface area contributed by atoms with E-state index in [-0.39, 0.29) is 35.6 Å². The number of halogens is 1. The molecule has 8 heteroatoms. The van der Waals surface area contributed by atoms with Crippen LogP contribution in [0.3, 0.4) is 0 Å². The van der Waals surface area contributed by atoms with Crippen LogP contribution < -0.4 is 14.2 Å². The molecule has 168 valence electrons. The molecular formula is C26H15ClO7. The summed E-state index contributed by atoms with van der Waals surface area (Å²) in [5.41, 5.74) is 2.34. The van der Waals surface area contributed by atoms with E-state index in [1.54, 1.807) is 36.4 Å². The van der Waals surface area contributed by atoms with E-state index in [9.17, 15) is 9.59 Å². The number of ketones is 1. The van der Waals surface area contributed by atoms with Gasteiger partial charge in [-0.05, 0) is 42.5 Å². The largest absolute Gasteiger partial charge is 0.467 e. The number of hydrogen-bond donors (Lipinski definition) is 0. The van der Waals surface area contributed by atoms with Crippen molar-refractivity contribution in [3.63, 3.8) is 0 Å². The smallest absolute Gasteiger partial charge is 0.379 e. The predicted molar refractivity (Wildman–Crippen MR) is 122 cm³/mol. The first-order chi connectivity index (χ1) is 16.5. The molecule has 4 aromatic rings. The molecule has 0 bridgehead atoms. The van der Waals surface area contributed by atoms with Gasteiger partial charge in [-0.3, -0.25) is 4.79 Å². The molecule has 2 aliphatic heterocycles. The van der Waals surface area contributed by atoms with E-state index in [0.717, 1.165) is 10.9 Å². The third-order valence-corrected chi connectivity index (χ3v) is 5.69. The molecule has 6 rings (SSSR count). The number of carbonyl (C=O) groups is 2. The minimum atomic E-state index is -0.652. The second-order valence-electron chi connectivity index (χ2n) is 7.73. The highest BCUT2D eigenvalue weighted by molar-refractivity contribution is 6.31. The summed E-state index contributed by atoms with van der Waals surface area (Å²) in [4.78, 5) is 25.4. The van der Waals surface area contributed by atoms with Crippen molar-refractivity contribution in [2.45, 2.75) is 6.61 Å². The summed E-state index contributed by atoms with van der Waals surface area (Å²) in [6.45, 7) is 0.473. The number of benzene rings is 3. The Morgan fingerprint density at radius 1 is 1.06 bits per heavy atom. The summed E-state index contributed by atoms with van der Waals surface area (Å²) >= 11 is 6.22. The number of carbonyl (C=O) groups excluding carboxylic acids is 2. The van der Waals surface area contributed by atoms with E-state index in [4.69, 9.17) is 35.0 Å². The molecule has 0 amide bonds. The lowest BCUT2D eigenvalue weighted by Gasteiger charge is -2.20. The van der Waals surface area contributed by atoms with Gasteiger partial charge >= 0.3 is 5.97 Å². The van der Waals surface area contributed by atoms with Gasteiger partial charge in [0.1, 0.15) is 22.8 Å². The summed E-state index contributed by atoms with van der Waals surface area (Å²) in [6.07, 6.45) is 1.58. The van der Waals surface area contributed by atoms with Gasteiger partial charge in [0.15, 0.2) is 12.6 Å². The fourth-order valence-electron chi connectivity index (χ4n) is 3.93. The van der Waals surface area contributed by atoms with Crippen LogP contribution in [0.4, 0.5) is 0 Å². The molecule has 0 saturated carbocycles. The maximum Gasteiger partial charge on any atom is 0.379 e. The number of rotatable bonds is 3. The number of allylic oxidation sites excluding steroid dienone is 1. The quantitative estimate of drug-likeness (QED) is 0.211. The van der Waals surface area contributed by atoms with Crippen molar-refractivity contribution in [1.29, 1.82) is 0 Å². The number of furan rings is 1. The van der Waals surface area contributed by atoms with Crippen molar-refractivity contribution in [1.82, 2.24) is 0 Å². The van der Waals surface area contributed by atoms with Crippen molar-refractivity contribution in [2.24, 2.45) is 0 Å². The Labute approximate surface area is 198 Å². The summed E-state index contributed by atoms with van der Waals surface area (Å²) in [7, 11) is 0. The molecule has 2 aliphatic rings. The second-order valence-corrected chi connectivity index (χ2v) is 8.17. The lowest BCUT2D eigenvalue weighted by molar-refractivity contribution is -0.0165. The third-order valence-electron chi connectivity index (χ3n) is 5.47. The minimum absolute atomic E-state index is 0.0778. The Morgan fingerprint density at radius 3 is 2.82 bits per heavy atom. The highest BCUT2D eigenvalue weighted by Gasteiger charge is 2.29. The van der Waals surface area contributed by atoms with Gasteiger partial charge in [0.2, 0.25) is 11.5 Å². The van der Waals surface area contributed by atoms with E-state index >= 15 is 0 Å². The minimum Gasteiger partial charge on any atom is -0.467 e. The molecule has 0 fully saturated rings. The molecule has 1 aromatic heterocycles. The Morgan fingerprint density at radius 2 is 1.94 bits per heavy atom. The fourth-order valence-corrected chi connectivity index (χ4v) is 4.18. The van der Waals surface area contributed by atoms with Gasteiger partial charge in [0.05, 0.1) is 12.2 Å². The highest BCUT2D eigenvalue weighted by atomic mass is 35.5. The van der Waals surface area contributed by atoms with Crippen LogP contribution in [0.2, 0.25) is 5.02 Å². The Balaban J connectivity index is 1.26. The average molecular weight is 475 g/mol. The van der Waals surface area contributed by atoms with Crippen LogP contribution in [0.5, 0.6) is 17.2 Å². The zero-order chi connectivity index (χ0) is 23.2. The number of hydrogen-bond acceptors (Lipinski definition) is 7. The molecule has 0 saturated heterocycles. The maximum absolute atomic E-state index is 12.9. The Bertz CT molecular complexity index is 1480. The summed E-state index contributed by atoms with van der Waals surface area (Å²) in [5.74, 6) is 0.331. The van der Waals surface area contributed by atoms with Gasteiger partial charge < -0.3 is 23.4 Å². The normalized spacial score (nSPS) is 15.6. The first-order valence-corrected chi connectivity index (χ1v) is 10.7. The van der Waals surface area contributed by atoms with Crippen LogP contribution in [-0.2, 0) is 11.3 Å². The van der Waals surface area contributed by atoms with Crippen LogP contribution in [0.15, 0.2) is 70.8 Å². The Kier molecular flexibility index (Phi) is 4.86. The zero-order valence-corrected chi connectivity index (χ0v) is 18.3. The van der Waals surface area contributed by atoms with E-state index in [1.165, 1.54) is 12.1 Å². The lowest BCUT2D eigenvalue weighted by atomic mass is 10.1. The first kappa shape index (κ1) is 20.5. The van der Waals surface area contributed by atoms with Crippen molar-refractivity contribution in [2.75, 3.05) is 6.79 Å². The van der Waals surface area contributed by atoms with E-state index < -0.39 is 5.97 Å². The molecule has 3 heterocycles. The van der Waals surface area contributed by atoms with E-state index in [1.807, 2.05) is 18.2 Å². The second kappa shape index (κ2) is 8.06. The van der Waals surface area contributed by atoms with Crippen molar-refractivity contribution >= 4 is 40.4 Å². The number of ether oxygens (including phenoxy) is 4. The molecular weight excluding hydrogens is 460 g/mol. The van der Waals surface area contributed by atoms with Gasteiger partial charge in [-0.15, -0.1) is 0 Å². The molecule has 0 unspecified atom stereocenters. The molecule has 0 radical (unpaired) electrons. The topological polar surface area (TPSA) is 84.2 Å². The first-order valence-electron chi connectivity index (χ1n) is 10.4. The van der Waals surface area contributed by atoms with Gasteiger partial charge in [-0.2, -0.15) is 0 Å². The standard InChI is InChI=1S/C26H15ClO7/c27-17-7-15(25-16(8-17)12-30-13-31-25)10-22-24(28)19-6-5-18(11-21(19)34-22)32-26(29)23-9-14-3-1-2-4-20(14)33-23/h1-11H,12-13H2/b22-10-. The summed E-state index contributed by atoms with van der Waals surface area (Å²) in [6, 6.07) is 16.9. The number of fused-ring (bicyclic) bond motifs is 3. The number of esters is 1. The maximum atomic E-state index is 12.9. The summed E-state index contributed by atoms with van der Waals surface area (Å²) in [5, 5.41) is 1.29. The molecule has 0 N–H and O–H groups in total. The van der Waals surface area contributed by atoms with Crippen LogP contribution in [-0.4, -0.2) is 18.5 Å². The fraction of sp³-hybridized carbons (Fsp3) is 0.0769. The number of para-hydroxylation sites is 1. The highest BCUT2D eigenvalue weighted by Crippen LogP contribution is 2.38. The van der Waals surface area contributed by atoms with Gasteiger partial charge in [0, 0.05) is 27.6 Å². The molecule has 0 spiro atoms. The van der Waals surface area contributed by atoms with Crippen molar-refractivity contribution in [3.05, 3.63) is 93.9 Å². The van der Waals surface area contributed by atoms with Crippen LogP contribution in [0.25, 0.3) is 17.0 Å². The van der Waals surface area contributed by atoms with Crippen molar-refractivity contribution in [3.8, 4) is 17.2 Å². The van der Waals surface area contributed by atoms with Gasteiger partial charge in [-0.25, -0.2) is 4.79 Å². The molecule has 0 aliphatic carbocycles. The van der Waals surface area contributed by atoms with E-state index in [2.05, 4.69) is 0 Å². The molecule has 7 nitrogen and oxygen atoms in total. The van der Waals surface area contributed by atoms with Crippen LogP contribution in [0, 0.1) is 0 Å². The average Bonchev–Trinajstić information content (AvgIpc) is 3.40. The third kappa shape index (κ3) is 3.61. The van der Waals surface area contributed by atoms with Gasteiger partial charge in [0.25, 0.3) is 0 Å². The Hall–Kier alpha value is -4.07. The van der Waals surface area contributed by atoms with E-state index in [0.29, 0.717) is 34.1 Å². The molecule has 0 atom stereocenters. The van der Waals surface area contributed by atoms with Gasteiger partial charge in [-0.1, -0.05) is 29.8 Å². The lowest BCUT2D eigenvalue weighted by Crippen LogP contribution is -2.12. The van der Waals surface area contributed by atoms with Crippen LogP contribution in [0.1, 0.15) is 32.0 Å². The molecule has 34 heavy (non-hydrogen) atoms. The number of Topliss-reactive ketones (excluding diaryl/α,β-unsaturated/α-hetero) is 1. The predicted octanol–water partition coefficient (Wildman–Crippen LogP) is 5.79. The SMILES string of the molecule is O=C(Oc1ccc2c(c1)O/C(=C\c1cc(Cl)cc3c1OCOC3)C2=O)c1cc2ccccc2o1. The summed E-state index contributed by atoms with van der Waals surface area (Å²) < 4.78 is 27.7.